The lowest BCUT2D eigenvalue weighted by Crippen LogP contribution is -2.46. The van der Waals surface area contributed by atoms with E-state index in [1.54, 1.807) is 6.26 Å². The summed E-state index contributed by atoms with van der Waals surface area (Å²) in [5, 5.41) is 7.01. The Hall–Kier alpha value is -2.47. The van der Waals surface area contributed by atoms with Gasteiger partial charge >= 0.3 is 0 Å². The second kappa shape index (κ2) is 8.95. The average Bonchev–Trinajstić information content (AvgIpc) is 3.33. The largest absolute Gasteiger partial charge is 0.468 e. The number of furan rings is 1. The Bertz CT molecular complexity index is 724. The minimum atomic E-state index is 0.159. The number of guanidine groups is 1. The van der Waals surface area contributed by atoms with Crippen molar-refractivity contribution in [1.29, 1.82) is 0 Å². The van der Waals surface area contributed by atoms with Crippen LogP contribution in [0.25, 0.3) is 0 Å². The third kappa shape index (κ3) is 5.04. The lowest BCUT2D eigenvalue weighted by Gasteiger charge is -2.25. The molecule has 3 rings (SSSR count). The van der Waals surface area contributed by atoms with Crippen LogP contribution in [0.2, 0.25) is 0 Å². The SMILES string of the molecule is CN=C(NCC(c1ccco1)N(C)C)NC1CCN(c2ccc(C)cc2)C1. The minimum absolute atomic E-state index is 0.159. The minimum Gasteiger partial charge on any atom is -0.468 e. The zero-order chi connectivity index (χ0) is 19.2. The first kappa shape index (κ1) is 19.3. The van der Waals surface area contributed by atoms with Crippen LogP contribution in [0.4, 0.5) is 5.69 Å². The highest BCUT2D eigenvalue weighted by atomic mass is 16.3. The summed E-state index contributed by atoms with van der Waals surface area (Å²) in [7, 11) is 5.93. The van der Waals surface area contributed by atoms with Crippen LogP contribution in [0.3, 0.4) is 0 Å². The number of aryl methyl sites for hydroxylation is 1. The van der Waals surface area contributed by atoms with Gasteiger partial charge in [-0.3, -0.25) is 9.89 Å². The number of benzene rings is 1. The van der Waals surface area contributed by atoms with Crippen LogP contribution >= 0.6 is 0 Å². The molecule has 6 heteroatoms. The smallest absolute Gasteiger partial charge is 0.191 e. The summed E-state index contributed by atoms with van der Waals surface area (Å²) in [6.45, 7) is 4.90. The molecule has 1 aliphatic heterocycles. The highest BCUT2D eigenvalue weighted by molar-refractivity contribution is 5.80. The molecule has 1 aliphatic rings. The van der Waals surface area contributed by atoms with E-state index in [0.29, 0.717) is 6.04 Å². The van der Waals surface area contributed by atoms with Gasteiger partial charge in [0.1, 0.15) is 5.76 Å². The van der Waals surface area contributed by atoms with Crippen molar-refractivity contribution < 1.29 is 4.42 Å². The van der Waals surface area contributed by atoms with Gasteiger partial charge in [-0.05, 0) is 51.7 Å². The van der Waals surface area contributed by atoms with E-state index in [4.69, 9.17) is 4.42 Å². The fourth-order valence-electron chi connectivity index (χ4n) is 3.47. The molecule has 146 valence electrons. The van der Waals surface area contributed by atoms with Crippen LogP contribution < -0.4 is 15.5 Å². The Morgan fingerprint density at radius 3 is 2.70 bits per heavy atom. The van der Waals surface area contributed by atoms with Gasteiger partial charge in [-0.15, -0.1) is 0 Å². The summed E-state index contributed by atoms with van der Waals surface area (Å²) in [6, 6.07) is 13.2. The van der Waals surface area contributed by atoms with Crippen LogP contribution in [0, 0.1) is 6.92 Å². The van der Waals surface area contributed by atoms with Crippen molar-refractivity contribution in [3.05, 3.63) is 54.0 Å². The van der Waals surface area contributed by atoms with Gasteiger partial charge in [0.05, 0.1) is 12.3 Å². The molecule has 6 nitrogen and oxygen atoms in total. The van der Waals surface area contributed by atoms with Crippen molar-refractivity contribution in [3.8, 4) is 0 Å². The molecule has 2 heterocycles. The van der Waals surface area contributed by atoms with Crippen molar-refractivity contribution in [3.63, 3.8) is 0 Å². The van der Waals surface area contributed by atoms with Gasteiger partial charge in [-0.2, -0.15) is 0 Å². The number of likely N-dealkylation sites (N-methyl/N-ethyl adjacent to an activating group) is 1. The Labute approximate surface area is 162 Å². The lowest BCUT2D eigenvalue weighted by atomic mass is 10.2. The van der Waals surface area contributed by atoms with Crippen molar-refractivity contribution in [2.45, 2.75) is 25.4 Å². The normalized spacial score (nSPS) is 18.8. The molecule has 2 unspecified atom stereocenters. The predicted molar refractivity (Wildman–Crippen MR) is 111 cm³/mol. The van der Waals surface area contributed by atoms with Gasteiger partial charge in [0.25, 0.3) is 0 Å². The monoisotopic (exact) mass is 369 g/mol. The summed E-state index contributed by atoms with van der Waals surface area (Å²) >= 11 is 0. The zero-order valence-electron chi connectivity index (χ0n) is 16.8. The molecule has 0 aliphatic carbocycles. The van der Waals surface area contributed by atoms with Gasteiger partial charge < -0.3 is 20.0 Å². The lowest BCUT2D eigenvalue weighted by molar-refractivity contribution is 0.258. The molecule has 1 aromatic heterocycles. The maximum atomic E-state index is 5.58. The van der Waals surface area contributed by atoms with Gasteiger partial charge in [-0.25, -0.2) is 0 Å². The van der Waals surface area contributed by atoms with E-state index in [1.165, 1.54) is 11.3 Å². The third-order valence-corrected chi connectivity index (χ3v) is 5.11. The van der Waals surface area contributed by atoms with Crippen LogP contribution in [0.15, 0.2) is 52.1 Å². The molecule has 2 N–H and O–H groups in total. The summed E-state index contributed by atoms with van der Waals surface area (Å²) in [5.74, 6) is 1.79. The highest BCUT2D eigenvalue weighted by Gasteiger charge is 2.24. The van der Waals surface area contributed by atoms with E-state index in [2.05, 4.69) is 70.7 Å². The second-order valence-corrected chi connectivity index (χ2v) is 7.36. The van der Waals surface area contributed by atoms with Crippen molar-refractivity contribution in [1.82, 2.24) is 15.5 Å². The molecule has 27 heavy (non-hydrogen) atoms. The molecule has 0 spiro atoms. The molecular formula is C21H31N5O. The van der Waals surface area contributed by atoms with E-state index in [0.717, 1.165) is 37.8 Å². The number of hydrogen-bond acceptors (Lipinski definition) is 4. The zero-order valence-corrected chi connectivity index (χ0v) is 16.8. The quantitative estimate of drug-likeness (QED) is 0.606. The molecule has 1 aromatic carbocycles. The molecule has 2 aromatic rings. The first-order chi connectivity index (χ1) is 13.1. The Balaban J connectivity index is 1.52. The Morgan fingerprint density at radius 1 is 1.30 bits per heavy atom. The molecule has 1 fully saturated rings. The number of hydrogen-bond donors (Lipinski definition) is 2. The number of anilines is 1. The van der Waals surface area contributed by atoms with E-state index in [-0.39, 0.29) is 6.04 Å². The Morgan fingerprint density at radius 2 is 2.07 bits per heavy atom. The Kier molecular flexibility index (Phi) is 6.40. The topological polar surface area (TPSA) is 56.0 Å². The molecule has 0 bridgehead atoms. The van der Waals surface area contributed by atoms with E-state index in [1.807, 2.05) is 19.2 Å². The van der Waals surface area contributed by atoms with Crippen molar-refractivity contribution in [2.75, 3.05) is 45.7 Å². The number of aliphatic imine (C=N–C) groups is 1. The highest BCUT2D eigenvalue weighted by Crippen LogP contribution is 2.21. The number of nitrogens with one attached hydrogen (secondary N) is 2. The van der Waals surface area contributed by atoms with Gasteiger partial charge in [0, 0.05) is 38.4 Å². The summed E-state index contributed by atoms with van der Waals surface area (Å²) in [4.78, 5) is 8.97. The fraction of sp³-hybridized carbons (Fsp3) is 0.476. The third-order valence-electron chi connectivity index (χ3n) is 5.11. The summed E-state index contributed by atoms with van der Waals surface area (Å²) < 4.78 is 5.58. The van der Waals surface area contributed by atoms with Gasteiger partial charge in [0.2, 0.25) is 0 Å². The van der Waals surface area contributed by atoms with Crippen LogP contribution in [0.5, 0.6) is 0 Å². The molecule has 1 saturated heterocycles. The van der Waals surface area contributed by atoms with Crippen molar-refractivity contribution >= 4 is 11.6 Å². The maximum Gasteiger partial charge on any atom is 0.191 e. The van der Waals surface area contributed by atoms with Crippen LogP contribution in [-0.4, -0.2) is 57.7 Å². The predicted octanol–water partition coefficient (Wildman–Crippen LogP) is 2.63. The summed E-state index contributed by atoms with van der Waals surface area (Å²) in [5.41, 5.74) is 2.59. The standard InChI is InChI=1S/C21H31N5O/c1-16-7-9-18(10-8-16)26-12-11-17(15-26)24-21(22-2)23-14-19(25(3)4)20-6-5-13-27-20/h5-10,13,17,19H,11-12,14-15H2,1-4H3,(H2,22,23,24). The van der Waals surface area contributed by atoms with E-state index < -0.39 is 0 Å². The molecule has 0 saturated carbocycles. The van der Waals surface area contributed by atoms with Gasteiger partial charge in [-0.1, -0.05) is 17.7 Å². The average molecular weight is 370 g/mol. The molecule has 0 amide bonds. The maximum absolute atomic E-state index is 5.58. The second-order valence-electron chi connectivity index (χ2n) is 7.36. The molecule has 2 atom stereocenters. The molecular weight excluding hydrogens is 338 g/mol. The first-order valence-electron chi connectivity index (χ1n) is 9.55. The van der Waals surface area contributed by atoms with Crippen LogP contribution in [-0.2, 0) is 0 Å². The van der Waals surface area contributed by atoms with E-state index >= 15 is 0 Å². The number of rotatable bonds is 6. The van der Waals surface area contributed by atoms with Crippen molar-refractivity contribution in [2.24, 2.45) is 4.99 Å². The fourth-order valence-corrected chi connectivity index (χ4v) is 3.47. The number of nitrogens with zero attached hydrogens (tertiary/aromatic N) is 3. The van der Waals surface area contributed by atoms with Crippen LogP contribution in [0.1, 0.15) is 23.8 Å². The van der Waals surface area contributed by atoms with Gasteiger partial charge in [0.15, 0.2) is 5.96 Å². The summed E-state index contributed by atoms with van der Waals surface area (Å²) in [6.07, 6.45) is 2.82. The first-order valence-corrected chi connectivity index (χ1v) is 9.55. The van der Waals surface area contributed by atoms with E-state index in [9.17, 15) is 0 Å². The molecule has 0 radical (unpaired) electrons.